The number of hydrogen-bond donors (Lipinski definition) is 4. The number of carboxylic acid groups (broad SMARTS) is 2. The molecule has 0 amide bonds. The molecule has 8 rings (SSSR count). The number of benzene rings is 6. The fourth-order valence-corrected chi connectivity index (χ4v) is 5.73. The second-order valence-electron chi connectivity index (χ2n) is 12.2. The van der Waals surface area contributed by atoms with Crippen molar-refractivity contribution >= 4 is 11.9 Å². The van der Waals surface area contributed by atoms with Crippen LogP contribution in [0.4, 0.5) is 0 Å². The smallest absolute Gasteiger partial charge is 0.335 e. The average molecular weight is 914 g/mol. The van der Waals surface area contributed by atoms with Crippen molar-refractivity contribution in [3.05, 3.63) is 157 Å². The van der Waals surface area contributed by atoms with E-state index < -0.39 is 11.9 Å². The van der Waals surface area contributed by atoms with Crippen LogP contribution in [0, 0.1) is 0 Å². The van der Waals surface area contributed by atoms with Crippen LogP contribution in [0.2, 0.25) is 0 Å². The first-order valence-corrected chi connectivity index (χ1v) is 16.9. The molecule has 0 aliphatic rings. The summed E-state index contributed by atoms with van der Waals surface area (Å²) in [4.78, 5) is 31.4. The van der Waals surface area contributed by atoms with Crippen molar-refractivity contribution in [1.29, 1.82) is 0 Å². The van der Waals surface area contributed by atoms with Crippen LogP contribution in [0.5, 0.6) is 23.0 Å². The topological polar surface area (TPSA) is 288 Å². The molecule has 8 aromatic rings. The first-order valence-electron chi connectivity index (χ1n) is 16.9. The molecule has 16 nitrogen and oxygen atoms in total. The molecule has 14 N–H and O–H groups in total. The van der Waals surface area contributed by atoms with Crippen molar-refractivity contribution in [3.8, 4) is 79.9 Å². The fraction of sp³-hybridized carbons (Fsp3) is 0. The fourth-order valence-electron chi connectivity index (χ4n) is 5.73. The van der Waals surface area contributed by atoms with E-state index >= 15 is 0 Å². The molecule has 0 unspecified atom stereocenters. The summed E-state index contributed by atoms with van der Waals surface area (Å²) >= 11 is 0. The molecule has 60 heavy (non-hydrogen) atoms. The predicted octanol–water partition coefficient (Wildman–Crippen LogP) is 5.04. The molecule has 0 bridgehead atoms. The van der Waals surface area contributed by atoms with E-state index in [0.717, 1.165) is 0 Å². The first-order chi connectivity index (χ1) is 27.1. The number of aromatic carboxylic acids is 2. The third kappa shape index (κ3) is 9.86. The predicted molar refractivity (Wildman–Crippen MR) is 218 cm³/mol. The number of phenols is 2. The summed E-state index contributed by atoms with van der Waals surface area (Å²) in [5, 5.41) is 64.0. The van der Waals surface area contributed by atoms with E-state index in [1.54, 1.807) is 131 Å². The second kappa shape index (κ2) is 20.4. The molecule has 0 atom stereocenters. The van der Waals surface area contributed by atoms with Gasteiger partial charge in [-0.1, -0.05) is 48.5 Å². The molecule has 2 heterocycles. The van der Waals surface area contributed by atoms with Crippen LogP contribution in [0.1, 0.15) is 20.7 Å². The zero-order valence-electron chi connectivity index (χ0n) is 30.9. The molecule has 18 heteroatoms. The first kappa shape index (κ1) is 47.1. The van der Waals surface area contributed by atoms with Gasteiger partial charge in [-0.25, -0.2) is 28.9 Å². The number of aromatic nitrogens is 6. The van der Waals surface area contributed by atoms with Crippen LogP contribution in [0.3, 0.4) is 0 Å². The Hall–Kier alpha value is -7.30. The van der Waals surface area contributed by atoms with E-state index in [1.807, 2.05) is 0 Å². The maximum Gasteiger partial charge on any atom is 0.335 e. The van der Waals surface area contributed by atoms with Gasteiger partial charge in [0, 0.05) is 46.3 Å². The number of aromatic hydroxyl groups is 2. The third-order valence-corrected chi connectivity index (χ3v) is 8.56. The monoisotopic (exact) mass is 912 g/mol. The summed E-state index contributed by atoms with van der Waals surface area (Å²) in [6.07, 6.45) is 0. The molecule has 0 saturated carbocycles. The van der Waals surface area contributed by atoms with Crippen LogP contribution < -0.4 is 0 Å². The normalized spacial score (nSPS) is 10.0. The molecule has 0 aliphatic carbocycles. The molecule has 2 radical (unpaired) electrons. The number of carbonyl (C=O) groups is 2. The van der Waals surface area contributed by atoms with Crippen molar-refractivity contribution in [2.75, 3.05) is 0 Å². The number of nitrogens with zero attached hydrogens (tertiary/aromatic N) is 6. The average Bonchev–Trinajstić information content (AvgIpc) is 3.85. The molecule has 0 saturated heterocycles. The van der Waals surface area contributed by atoms with Crippen molar-refractivity contribution < 1.29 is 85.3 Å². The third-order valence-electron chi connectivity index (χ3n) is 8.56. The van der Waals surface area contributed by atoms with E-state index in [4.69, 9.17) is 20.4 Å². The zero-order chi connectivity index (χ0) is 39.3. The second-order valence-corrected chi connectivity index (χ2v) is 12.2. The minimum absolute atomic E-state index is 0. The van der Waals surface area contributed by atoms with Crippen LogP contribution in [0.25, 0.3) is 56.9 Å². The van der Waals surface area contributed by atoms with Crippen LogP contribution in [-0.4, -0.2) is 72.1 Å². The Bertz CT molecular complexity index is 2540. The molecule has 0 aliphatic heterocycles. The Labute approximate surface area is 361 Å². The van der Waals surface area contributed by atoms with Crippen molar-refractivity contribution in [2.45, 2.75) is 0 Å². The Kier molecular flexibility index (Phi) is 16.0. The van der Waals surface area contributed by atoms with Gasteiger partial charge in [0.05, 0.1) is 33.6 Å². The largest absolute Gasteiger partial charge is 0.593 e. The minimum Gasteiger partial charge on any atom is -0.593 e. The van der Waals surface area contributed by atoms with Gasteiger partial charge in [0.2, 0.25) is 0 Å². The van der Waals surface area contributed by atoms with Gasteiger partial charge in [-0.05, 0) is 84.9 Å². The minimum atomic E-state index is -1.02. The van der Waals surface area contributed by atoms with E-state index in [2.05, 4.69) is 20.2 Å². The summed E-state index contributed by atoms with van der Waals surface area (Å²) < 4.78 is 3.08. The maximum absolute atomic E-state index is 11.1. The van der Waals surface area contributed by atoms with Gasteiger partial charge in [0.25, 0.3) is 11.5 Å². The summed E-state index contributed by atoms with van der Waals surface area (Å²) in [5.74, 6) is 0.0761. The molecule has 0 fully saturated rings. The molecular formula is C42H38Cu2N6O10+4. The quantitative estimate of drug-likeness (QED) is 0.116. The van der Waals surface area contributed by atoms with E-state index in [-0.39, 0.29) is 79.2 Å². The van der Waals surface area contributed by atoms with Crippen LogP contribution in [0.15, 0.2) is 146 Å². The number of para-hydroxylation sites is 4. The summed E-state index contributed by atoms with van der Waals surface area (Å²) in [6.45, 7) is 0. The summed E-state index contributed by atoms with van der Waals surface area (Å²) in [7, 11) is 0. The summed E-state index contributed by atoms with van der Waals surface area (Å²) in [6, 6.07) is 39.9. The summed E-state index contributed by atoms with van der Waals surface area (Å²) in [5.41, 5.74) is 3.58. The number of hydrogen-bond acceptors (Lipinski definition) is 8. The Morgan fingerprint density at radius 3 is 1.05 bits per heavy atom. The van der Waals surface area contributed by atoms with Gasteiger partial charge >= 0.3 is 11.9 Å². The molecule has 2 aromatic heterocycles. The van der Waals surface area contributed by atoms with E-state index in [9.17, 15) is 19.8 Å². The van der Waals surface area contributed by atoms with Crippen LogP contribution >= 0.6 is 0 Å². The Morgan fingerprint density at radius 1 is 0.450 bits per heavy atom. The number of phenolic OH excluding ortho intramolecular Hbond substituents is 2. The molecule has 0 spiro atoms. The number of carboxylic acids is 2. The van der Waals surface area contributed by atoms with E-state index in [0.29, 0.717) is 56.9 Å². The van der Waals surface area contributed by atoms with Gasteiger partial charge < -0.3 is 41.6 Å². The van der Waals surface area contributed by atoms with Crippen molar-refractivity contribution in [2.24, 2.45) is 0 Å². The number of rotatable bonds is 8. The standard InChI is InChI=1S/2C21H15N3O4.2Cu.2H2O/c2*25-17-7-3-1-5-15(17)19-22-20(16-6-2-4-8-18(16)26)24(23-19)14-11-9-13(10-12-14)21(27)28;;;;/h2*1-12,25-26H,(H,27,28);;;2*1H2/p+4. The Balaban J connectivity index is 0.000000300. The van der Waals surface area contributed by atoms with Gasteiger partial charge in [-0.2, -0.15) is 0 Å². The van der Waals surface area contributed by atoms with Crippen molar-refractivity contribution in [3.63, 3.8) is 0 Å². The molecule has 6 aromatic carbocycles. The Morgan fingerprint density at radius 2 is 0.750 bits per heavy atom. The van der Waals surface area contributed by atoms with Gasteiger partial charge in [-0.3, -0.25) is 0 Å². The maximum atomic E-state index is 11.1. The van der Waals surface area contributed by atoms with Gasteiger partial charge in [-0.15, -0.1) is 10.2 Å². The molecular weight excluding hydrogens is 876 g/mol. The van der Waals surface area contributed by atoms with E-state index in [1.165, 1.54) is 24.3 Å². The van der Waals surface area contributed by atoms with Gasteiger partial charge in [0.15, 0.2) is 23.3 Å². The molecule has 314 valence electrons. The van der Waals surface area contributed by atoms with Crippen LogP contribution in [-0.2, 0) is 45.1 Å². The van der Waals surface area contributed by atoms with Crippen molar-refractivity contribution in [1.82, 2.24) is 29.5 Å². The SMILES string of the molecule is O=C(O)c1ccc(-n2nc(-c3ccccc3O)nc2-c2ccccc2[OH2+])cc1.O=C(O)c1ccc(-n2nc(-c3ccccc3O)nc2-c2ccccc2[OH2+])cc1.[Cu].[Cu].[OH3+].[OH3+]. The zero-order valence-corrected chi connectivity index (χ0v) is 32.8. The van der Waals surface area contributed by atoms with Gasteiger partial charge in [0.1, 0.15) is 22.6 Å².